The number of allylic oxidation sites excluding steroid dienone is 1. The van der Waals surface area contributed by atoms with Crippen LogP contribution in [0.1, 0.15) is 47.0 Å². The van der Waals surface area contributed by atoms with Gasteiger partial charge in [-0.1, -0.05) is 19.9 Å². The number of hydrogen-bond donors (Lipinski definition) is 2. The molecule has 1 aliphatic carbocycles. The second-order valence-corrected chi connectivity index (χ2v) is 7.07. The van der Waals surface area contributed by atoms with Crippen LogP contribution in [-0.4, -0.2) is 46.7 Å². The fourth-order valence-corrected chi connectivity index (χ4v) is 3.64. The molecule has 1 aliphatic heterocycles. The Morgan fingerprint density at radius 1 is 1.55 bits per heavy atom. The molecule has 1 saturated heterocycles. The third-order valence-electron chi connectivity index (χ3n) is 4.90. The molecule has 0 aromatic rings. The van der Waals surface area contributed by atoms with Crippen LogP contribution in [0.15, 0.2) is 11.6 Å². The third kappa shape index (κ3) is 3.70. The van der Waals surface area contributed by atoms with Gasteiger partial charge in [0.15, 0.2) is 0 Å². The summed E-state index contributed by atoms with van der Waals surface area (Å²) in [6.07, 6.45) is 2.75. The molecule has 5 heteroatoms. The van der Waals surface area contributed by atoms with Gasteiger partial charge in [-0.2, -0.15) is 0 Å². The molecule has 22 heavy (non-hydrogen) atoms. The van der Waals surface area contributed by atoms with Gasteiger partial charge in [-0.3, -0.25) is 4.79 Å². The van der Waals surface area contributed by atoms with Crippen molar-refractivity contribution in [2.24, 2.45) is 11.8 Å². The van der Waals surface area contributed by atoms with Crippen LogP contribution in [0.3, 0.4) is 0 Å². The average Bonchev–Trinajstić information content (AvgIpc) is 3.08. The van der Waals surface area contributed by atoms with Crippen LogP contribution < -0.4 is 0 Å². The number of esters is 1. The Balaban J connectivity index is 2.32. The molecule has 0 bridgehead atoms. The summed E-state index contributed by atoms with van der Waals surface area (Å²) in [7, 11) is 0. The highest BCUT2D eigenvalue weighted by Gasteiger charge is 2.58. The third-order valence-corrected chi connectivity index (χ3v) is 4.90. The van der Waals surface area contributed by atoms with Crippen LogP contribution >= 0.6 is 0 Å². The van der Waals surface area contributed by atoms with E-state index in [2.05, 4.69) is 0 Å². The molecule has 2 aliphatic rings. The molecule has 0 saturated carbocycles. The van der Waals surface area contributed by atoms with E-state index >= 15 is 0 Å². The monoisotopic (exact) mass is 312 g/mol. The van der Waals surface area contributed by atoms with Gasteiger partial charge in [0.2, 0.25) is 0 Å². The molecule has 5 atom stereocenters. The van der Waals surface area contributed by atoms with Crippen LogP contribution in [-0.2, 0) is 14.3 Å². The van der Waals surface area contributed by atoms with Gasteiger partial charge in [-0.15, -0.1) is 0 Å². The van der Waals surface area contributed by atoms with Crippen molar-refractivity contribution in [3.05, 3.63) is 11.6 Å². The molecule has 2 N–H and O–H groups in total. The number of ether oxygens (including phenoxy) is 2. The minimum Gasteiger partial charge on any atom is -0.462 e. The maximum atomic E-state index is 11.5. The average molecular weight is 312 g/mol. The van der Waals surface area contributed by atoms with E-state index < -0.39 is 12.2 Å². The number of rotatable bonds is 3. The second-order valence-electron chi connectivity index (χ2n) is 7.07. The van der Waals surface area contributed by atoms with Gasteiger partial charge in [0.25, 0.3) is 0 Å². The summed E-state index contributed by atoms with van der Waals surface area (Å²) in [6.45, 7) is 7.35. The predicted octanol–water partition coefficient (Wildman–Crippen LogP) is 1.81. The number of carbonyl (C=O) groups is 1. The molecular formula is C17H28O5. The van der Waals surface area contributed by atoms with Crippen LogP contribution in [0, 0.1) is 11.8 Å². The van der Waals surface area contributed by atoms with Crippen LogP contribution in [0.5, 0.6) is 0 Å². The smallest absolute Gasteiger partial charge is 0.302 e. The summed E-state index contributed by atoms with van der Waals surface area (Å²) in [5.41, 5.74) is 0.536. The van der Waals surface area contributed by atoms with Crippen LogP contribution in [0.2, 0.25) is 0 Å². The van der Waals surface area contributed by atoms with E-state index in [-0.39, 0.29) is 36.1 Å². The molecule has 1 fully saturated rings. The molecule has 1 heterocycles. The van der Waals surface area contributed by atoms with Gasteiger partial charge in [0.1, 0.15) is 12.2 Å². The zero-order valence-electron chi connectivity index (χ0n) is 13.9. The SMILES string of the molecule is CC(=O)OC1CC(CO)=CCCC2(C)OC2C(O)C1C(C)C. The summed E-state index contributed by atoms with van der Waals surface area (Å²) in [6, 6.07) is 0. The number of carbonyl (C=O) groups excluding carboxylic acids is 1. The van der Waals surface area contributed by atoms with Crippen molar-refractivity contribution in [3.8, 4) is 0 Å². The van der Waals surface area contributed by atoms with E-state index in [4.69, 9.17) is 9.47 Å². The maximum Gasteiger partial charge on any atom is 0.302 e. The zero-order chi connectivity index (χ0) is 16.5. The first kappa shape index (κ1) is 17.4. The highest BCUT2D eigenvalue weighted by molar-refractivity contribution is 5.66. The minimum absolute atomic E-state index is 0.0559. The predicted molar refractivity (Wildman–Crippen MR) is 82.2 cm³/mol. The van der Waals surface area contributed by atoms with Gasteiger partial charge in [-0.25, -0.2) is 0 Å². The first-order valence-corrected chi connectivity index (χ1v) is 8.10. The largest absolute Gasteiger partial charge is 0.462 e. The van der Waals surface area contributed by atoms with E-state index in [0.717, 1.165) is 18.4 Å². The van der Waals surface area contributed by atoms with E-state index in [9.17, 15) is 15.0 Å². The van der Waals surface area contributed by atoms with Gasteiger partial charge in [-0.05, 0) is 31.3 Å². The fourth-order valence-electron chi connectivity index (χ4n) is 3.64. The van der Waals surface area contributed by atoms with Crippen LogP contribution in [0.4, 0.5) is 0 Å². The van der Waals surface area contributed by atoms with Crippen molar-refractivity contribution in [1.82, 2.24) is 0 Å². The number of fused-ring (bicyclic) bond motifs is 1. The molecule has 2 rings (SSSR count). The molecule has 0 amide bonds. The molecular weight excluding hydrogens is 284 g/mol. The normalized spacial score (nSPS) is 39.0. The van der Waals surface area contributed by atoms with E-state index in [0.29, 0.717) is 6.42 Å². The summed E-state index contributed by atoms with van der Waals surface area (Å²) < 4.78 is 11.3. The summed E-state index contributed by atoms with van der Waals surface area (Å²) in [5, 5.41) is 20.3. The standard InChI is InChI=1S/C17H28O5/c1-10(2)14-13(21-11(3)19)8-12(9-18)6-5-7-17(4)16(22-17)15(14)20/h6,10,13-16,18,20H,5,7-9H2,1-4H3. The molecule has 0 aromatic heterocycles. The van der Waals surface area contributed by atoms with Gasteiger partial charge in [0, 0.05) is 19.3 Å². The number of aliphatic hydroxyl groups is 2. The Bertz CT molecular complexity index is 444. The molecule has 0 aromatic carbocycles. The van der Waals surface area contributed by atoms with Crippen LogP contribution in [0.25, 0.3) is 0 Å². The summed E-state index contributed by atoms with van der Waals surface area (Å²) in [5.74, 6) is -0.451. The second kappa shape index (κ2) is 6.69. The van der Waals surface area contributed by atoms with E-state index in [1.165, 1.54) is 6.92 Å². The maximum absolute atomic E-state index is 11.5. The van der Waals surface area contributed by atoms with Crippen molar-refractivity contribution < 1.29 is 24.5 Å². The van der Waals surface area contributed by atoms with Crippen molar-refractivity contribution in [2.45, 2.75) is 70.9 Å². The zero-order valence-corrected chi connectivity index (χ0v) is 13.9. The van der Waals surface area contributed by atoms with Crippen molar-refractivity contribution in [1.29, 1.82) is 0 Å². The summed E-state index contributed by atoms with van der Waals surface area (Å²) >= 11 is 0. The Hall–Kier alpha value is -0.910. The minimum atomic E-state index is -0.674. The lowest BCUT2D eigenvalue weighted by Crippen LogP contribution is -2.43. The van der Waals surface area contributed by atoms with Gasteiger partial charge >= 0.3 is 5.97 Å². The molecule has 0 radical (unpaired) electrons. The number of hydrogen-bond acceptors (Lipinski definition) is 5. The molecule has 126 valence electrons. The summed E-state index contributed by atoms with van der Waals surface area (Å²) in [4.78, 5) is 11.5. The lowest BCUT2D eigenvalue weighted by molar-refractivity contribution is -0.153. The highest BCUT2D eigenvalue weighted by Crippen LogP contribution is 2.46. The number of epoxide rings is 1. The Kier molecular flexibility index (Phi) is 5.30. The van der Waals surface area contributed by atoms with Crippen molar-refractivity contribution in [3.63, 3.8) is 0 Å². The topological polar surface area (TPSA) is 79.3 Å². The lowest BCUT2D eigenvalue weighted by atomic mass is 9.78. The first-order chi connectivity index (χ1) is 10.3. The van der Waals surface area contributed by atoms with E-state index in [1.807, 2.05) is 26.8 Å². The first-order valence-electron chi connectivity index (χ1n) is 8.10. The van der Waals surface area contributed by atoms with E-state index in [1.54, 1.807) is 0 Å². The lowest BCUT2D eigenvalue weighted by Gasteiger charge is -2.34. The molecule has 5 nitrogen and oxygen atoms in total. The quantitative estimate of drug-likeness (QED) is 0.472. The van der Waals surface area contributed by atoms with Crippen molar-refractivity contribution >= 4 is 5.97 Å². The van der Waals surface area contributed by atoms with Gasteiger partial charge in [0.05, 0.1) is 18.3 Å². The fraction of sp³-hybridized carbons (Fsp3) is 0.824. The molecule has 0 spiro atoms. The highest BCUT2D eigenvalue weighted by atomic mass is 16.6. The van der Waals surface area contributed by atoms with Gasteiger partial charge < -0.3 is 19.7 Å². The number of aliphatic hydroxyl groups excluding tert-OH is 2. The Morgan fingerprint density at radius 2 is 2.23 bits per heavy atom. The Morgan fingerprint density at radius 3 is 2.77 bits per heavy atom. The Labute approximate surface area is 132 Å². The molecule has 5 unspecified atom stereocenters. The van der Waals surface area contributed by atoms with Crippen molar-refractivity contribution in [2.75, 3.05) is 6.61 Å².